The summed E-state index contributed by atoms with van der Waals surface area (Å²) < 4.78 is 5.30. The standard InChI is InChI=1S/C18H22N2O2/c1-18(2,14-8-10-15(19)11-9-14)17(21)20-12-13-6-4-5-7-16(13)22-3/h4-11H,12,19H2,1-3H3,(H,20,21). The number of hydrogen-bond acceptors (Lipinski definition) is 3. The van der Waals surface area contributed by atoms with Crippen molar-refractivity contribution in [3.05, 3.63) is 59.7 Å². The first-order valence-corrected chi connectivity index (χ1v) is 7.21. The van der Waals surface area contributed by atoms with Crippen LogP contribution in [0.2, 0.25) is 0 Å². The zero-order valence-corrected chi connectivity index (χ0v) is 13.2. The molecule has 0 atom stereocenters. The molecule has 0 radical (unpaired) electrons. The Hall–Kier alpha value is -2.49. The molecular formula is C18H22N2O2. The van der Waals surface area contributed by atoms with E-state index in [2.05, 4.69) is 5.32 Å². The van der Waals surface area contributed by atoms with Crippen LogP contribution in [0.3, 0.4) is 0 Å². The highest BCUT2D eigenvalue weighted by atomic mass is 16.5. The van der Waals surface area contributed by atoms with E-state index in [0.29, 0.717) is 12.2 Å². The molecule has 0 fully saturated rings. The Balaban J connectivity index is 2.09. The molecule has 2 aromatic rings. The van der Waals surface area contributed by atoms with Crippen LogP contribution in [0.25, 0.3) is 0 Å². The molecule has 0 unspecified atom stereocenters. The molecule has 4 heteroatoms. The van der Waals surface area contributed by atoms with Crippen molar-refractivity contribution in [1.29, 1.82) is 0 Å². The molecule has 0 aromatic heterocycles. The van der Waals surface area contributed by atoms with Crippen molar-refractivity contribution >= 4 is 11.6 Å². The number of amides is 1. The lowest BCUT2D eigenvalue weighted by Crippen LogP contribution is -2.39. The van der Waals surface area contributed by atoms with Crippen molar-refractivity contribution in [3.63, 3.8) is 0 Å². The van der Waals surface area contributed by atoms with Gasteiger partial charge in [0.05, 0.1) is 12.5 Å². The van der Waals surface area contributed by atoms with Gasteiger partial charge < -0.3 is 15.8 Å². The summed E-state index contributed by atoms with van der Waals surface area (Å²) in [5.41, 5.74) is 7.64. The number of hydrogen-bond donors (Lipinski definition) is 2. The smallest absolute Gasteiger partial charge is 0.230 e. The van der Waals surface area contributed by atoms with E-state index >= 15 is 0 Å². The van der Waals surface area contributed by atoms with Gasteiger partial charge >= 0.3 is 0 Å². The first kappa shape index (κ1) is 15.9. The fraction of sp³-hybridized carbons (Fsp3) is 0.278. The number of rotatable bonds is 5. The van der Waals surface area contributed by atoms with Gasteiger partial charge in [-0.1, -0.05) is 30.3 Å². The molecule has 116 valence electrons. The van der Waals surface area contributed by atoms with Gasteiger partial charge in [-0.3, -0.25) is 4.79 Å². The Labute approximate surface area is 131 Å². The highest BCUT2D eigenvalue weighted by Gasteiger charge is 2.29. The number of ether oxygens (including phenoxy) is 1. The van der Waals surface area contributed by atoms with Crippen LogP contribution in [0.4, 0.5) is 5.69 Å². The molecule has 0 saturated carbocycles. The Morgan fingerprint density at radius 3 is 2.41 bits per heavy atom. The average molecular weight is 298 g/mol. The molecule has 0 aliphatic rings. The van der Waals surface area contributed by atoms with Gasteiger partial charge in [-0.05, 0) is 37.6 Å². The molecule has 0 aliphatic heterocycles. The number of nitrogens with two attached hydrogens (primary N) is 1. The molecule has 2 aromatic carbocycles. The minimum Gasteiger partial charge on any atom is -0.496 e. The van der Waals surface area contributed by atoms with Crippen molar-refractivity contribution in [2.75, 3.05) is 12.8 Å². The zero-order valence-electron chi connectivity index (χ0n) is 13.2. The van der Waals surface area contributed by atoms with Gasteiger partial charge in [0.2, 0.25) is 5.91 Å². The lowest BCUT2D eigenvalue weighted by molar-refractivity contribution is -0.125. The summed E-state index contributed by atoms with van der Waals surface area (Å²) in [6.45, 7) is 4.23. The number of para-hydroxylation sites is 1. The van der Waals surface area contributed by atoms with E-state index in [1.807, 2.05) is 62.4 Å². The first-order valence-electron chi connectivity index (χ1n) is 7.21. The zero-order chi connectivity index (χ0) is 16.2. The fourth-order valence-electron chi connectivity index (χ4n) is 2.28. The van der Waals surface area contributed by atoms with Crippen molar-refractivity contribution in [2.24, 2.45) is 0 Å². The van der Waals surface area contributed by atoms with Crippen LogP contribution in [-0.4, -0.2) is 13.0 Å². The summed E-state index contributed by atoms with van der Waals surface area (Å²) in [5.74, 6) is 0.733. The van der Waals surface area contributed by atoms with Gasteiger partial charge in [-0.2, -0.15) is 0 Å². The van der Waals surface area contributed by atoms with Crippen molar-refractivity contribution in [1.82, 2.24) is 5.32 Å². The monoisotopic (exact) mass is 298 g/mol. The molecule has 4 nitrogen and oxygen atoms in total. The number of carbonyl (C=O) groups is 1. The van der Waals surface area contributed by atoms with Crippen LogP contribution < -0.4 is 15.8 Å². The van der Waals surface area contributed by atoms with Crippen LogP contribution >= 0.6 is 0 Å². The minimum absolute atomic E-state index is 0.0387. The second-order valence-corrected chi connectivity index (χ2v) is 5.74. The molecule has 3 N–H and O–H groups in total. The van der Waals surface area contributed by atoms with Crippen LogP contribution in [0, 0.1) is 0 Å². The normalized spacial score (nSPS) is 11.0. The highest BCUT2D eigenvalue weighted by molar-refractivity contribution is 5.87. The summed E-state index contributed by atoms with van der Waals surface area (Å²) in [6.07, 6.45) is 0. The van der Waals surface area contributed by atoms with Crippen LogP contribution in [-0.2, 0) is 16.8 Å². The summed E-state index contributed by atoms with van der Waals surface area (Å²) in [7, 11) is 1.62. The SMILES string of the molecule is COc1ccccc1CNC(=O)C(C)(C)c1ccc(N)cc1. The molecule has 0 heterocycles. The topological polar surface area (TPSA) is 64.3 Å². The molecule has 22 heavy (non-hydrogen) atoms. The van der Waals surface area contributed by atoms with E-state index in [9.17, 15) is 4.79 Å². The van der Waals surface area contributed by atoms with E-state index < -0.39 is 5.41 Å². The van der Waals surface area contributed by atoms with E-state index in [-0.39, 0.29) is 5.91 Å². The van der Waals surface area contributed by atoms with Crippen LogP contribution in [0.15, 0.2) is 48.5 Å². The largest absolute Gasteiger partial charge is 0.496 e. The third-order valence-corrected chi connectivity index (χ3v) is 3.83. The average Bonchev–Trinajstić information content (AvgIpc) is 2.53. The van der Waals surface area contributed by atoms with Crippen LogP contribution in [0.5, 0.6) is 5.75 Å². The predicted molar refractivity (Wildman–Crippen MR) is 88.7 cm³/mol. The molecule has 0 spiro atoms. The van der Waals surface area contributed by atoms with Crippen molar-refractivity contribution in [3.8, 4) is 5.75 Å². The number of methoxy groups -OCH3 is 1. The van der Waals surface area contributed by atoms with Gasteiger partial charge in [-0.25, -0.2) is 0 Å². The molecule has 2 rings (SSSR count). The molecular weight excluding hydrogens is 276 g/mol. The molecule has 0 bridgehead atoms. The fourth-order valence-corrected chi connectivity index (χ4v) is 2.28. The third-order valence-electron chi connectivity index (χ3n) is 3.83. The van der Waals surface area contributed by atoms with Gasteiger partial charge in [0.15, 0.2) is 0 Å². The summed E-state index contributed by atoms with van der Waals surface area (Å²) in [4.78, 5) is 12.5. The second kappa shape index (κ2) is 6.52. The third kappa shape index (κ3) is 3.39. The van der Waals surface area contributed by atoms with Gasteiger partial charge in [0.25, 0.3) is 0 Å². The summed E-state index contributed by atoms with van der Waals surface area (Å²) >= 11 is 0. The van der Waals surface area contributed by atoms with Crippen molar-refractivity contribution < 1.29 is 9.53 Å². The van der Waals surface area contributed by atoms with E-state index in [4.69, 9.17) is 10.5 Å². The quantitative estimate of drug-likeness (QED) is 0.834. The summed E-state index contributed by atoms with van der Waals surface area (Å²) in [6, 6.07) is 15.0. The predicted octanol–water partition coefficient (Wildman–Crippen LogP) is 2.87. The van der Waals surface area contributed by atoms with Crippen LogP contribution in [0.1, 0.15) is 25.0 Å². The molecule has 0 aliphatic carbocycles. The maximum absolute atomic E-state index is 12.5. The first-order chi connectivity index (χ1) is 10.4. The number of nitrogens with one attached hydrogen (secondary N) is 1. The highest BCUT2D eigenvalue weighted by Crippen LogP contribution is 2.25. The lowest BCUT2D eigenvalue weighted by atomic mass is 9.83. The lowest BCUT2D eigenvalue weighted by Gasteiger charge is -2.24. The molecule has 0 saturated heterocycles. The van der Waals surface area contributed by atoms with Gasteiger partial charge in [-0.15, -0.1) is 0 Å². The Bertz CT molecular complexity index is 648. The maximum atomic E-state index is 12.5. The van der Waals surface area contributed by atoms with E-state index in [0.717, 1.165) is 16.9 Å². The number of benzene rings is 2. The number of nitrogen functional groups attached to an aromatic ring is 1. The minimum atomic E-state index is -0.629. The van der Waals surface area contributed by atoms with Crippen molar-refractivity contribution in [2.45, 2.75) is 25.8 Å². The summed E-state index contributed by atoms with van der Waals surface area (Å²) in [5, 5.41) is 2.98. The van der Waals surface area contributed by atoms with Gasteiger partial charge in [0, 0.05) is 17.8 Å². The Morgan fingerprint density at radius 1 is 1.14 bits per heavy atom. The van der Waals surface area contributed by atoms with Gasteiger partial charge in [0.1, 0.15) is 5.75 Å². The number of anilines is 1. The van der Waals surface area contributed by atoms with E-state index in [1.54, 1.807) is 7.11 Å². The Kier molecular flexibility index (Phi) is 4.71. The maximum Gasteiger partial charge on any atom is 0.230 e. The molecule has 1 amide bonds. The Morgan fingerprint density at radius 2 is 1.77 bits per heavy atom. The van der Waals surface area contributed by atoms with E-state index in [1.165, 1.54) is 0 Å². The number of carbonyl (C=O) groups excluding carboxylic acids is 1. The second-order valence-electron chi connectivity index (χ2n) is 5.74.